The molecule has 0 fully saturated rings. The van der Waals surface area contributed by atoms with Crippen LogP contribution in [0.1, 0.15) is 32.3 Å². The Morgan fingerprint density at radius 3 is 2.76 bits per heavy atom. The normalized spacial score (nSPS) is 12.7. The highest BCUT2D eigenvalue weighted by molar-refractivity contribution is 5.96. The van der Waals surface area contributed by atoms with Crippen molar-refractivity contribution in [1.29, 1.82) is 0 Å². The van der Waals surface area contributed by atoms with Crippen molar-refractivity contribution < 1.29 is 14.6 Å². The molecule has 110 valence electrons. The first-order valence-electron chi connectivity index (χ1n) is 7.21. The maximum absolute atomic E-state index is 10.8. The van der Waals surface area contributed by atoms with E-state index in [-0.39, 0.29) is 6.10 Å². The van der Waals surface area contributed by atoms with Crippen LogP contribution in [0.5, 0.6) is 5.75 Å². The van der Waals surface area contributed by atoms with Crippen LogP contribution in [-0.2, 0) is 4.79 Å². The summed E-state index contributed by atoms with van der Waals surface area (Å²) >= 11 is 0. The molecule has 1 unspecified atom stereocenters. The van der Waals surface area contributed by atoms with Gasteiger partial charge in [0.15, 0.2) is 0 Å². The smallest absolute Gasteiger partial charge is 0.328 e. The number of hydrogen-bond acceptors (Lipinski definition) is 2. The highest BCUT2D eigenvalue weighted by Crippen LogP contribution is 2.30. The summed E-state index contributed by atoms with van der Waals surface area (Å²) in [5, 5.41) is 10.9. The summed E-state index contributed by atoms with van der Waals surface area (Å²) in [5.41, 5.74) is 0.818. The van der Waals surface area contributed by atoms with E-state index >= 15 is 0 Å². The van der Waals surface area contributed by atoms with E-state index < -0.39 is 5.97 Å². The van der Waals surface area contributed by atoms with Gasteiger partial charge in [-0.05, 0) is 36.3 Å². The van der Waals surface area contributed by atoms with Gasteiger partial charge in [-0.3, -0.25) is 0 Å². The molecule has 2 aromatic rings. The fraction of sp³-hybridized carbons (Fsp3) is 0.278. The zero-order valence-corrected chi connectivity index (χ0v) is 12.4. The van der Waals surface area contributed by atoms with Gasteiger partial charge < -0.3 is 9.84 Å². The molecule has 0 aromatic heterocycles. The van der Waals surface area contributed by atoms with E-state index in [1.807, 2.05) is 43.3 Å². The Morgan fingerprint density at radius 2 is 2.05 bits per heavy atom. The number of carbonyl (C=O) groups is 1. The lowest BCUT2D eigenvalue weighted by Crippen LogP contribution is -2.11. The van der Waals surface area contributed by atoms with Crippen LogP contribution in [0.2, 0.25) is 0 Å². The number of carboxylic acid groups (broad SMARTS) is 1. The first-order chi connectivity index (χ1) is 10.1. The first-order valence-corrected chi connectivity index (χ1v) is 7.21. The summed E-state index contributed by atoms with van der Waals surface area (Å²) < 4.78 is 5.98. The Labute approximate surface area is 124 Å². The van der Waals surface area contributed by atoms with E-state index in [4.69, 9.17) is 9.84 Å². The fourth-order valence-electron chi connectivity index (χ4n) is 2.39. The average Bonchev–Trinajstić information content (AvgIpc) is 2.46. The summed E-state index contributed by atoms with van der Waals surface area (Å²) in [5.74, 6) is -0.234. The quantitative estimate of drug-likeness (QED) is 0.794. The SMILES string of the molecule is CCCC(C)Oc1ccc2ccccc2c1/C=C/C(=O)O. The van der Waals surface area contributed by atoms with E-state index in [9.17, 15) is 4.79 Å². The molecule has 3 heteroatoms. The molecule has 0 spiro atoms. The minimum Gasteiger partial charge on any atom is -0.490 e. The van der Waals surface area contributed by atoms with Gasteiger partial charge in [-0.25, -0.2) is 4.79 Å². The number of aliphatic carboxylic acids is 1. The second-order valence-electron chi connectivity index (χ2n) is 5.09. The maximum Gasteiger partial charge on any atom is 0.328 e. The van der Waals surface area contributed by atoms with Gasteiger partial charge >= 0.3 is 5.97 Å². The molecular weight excluding hydrogens is 264 g/mol. The average molecular weight is 284 g/mol. The second kappa shape index (κ2) is 6.93. The summed E-state index contributed by atoms with van der Waals surface area (Å²) in [6, 6.07) is 11.8. The van der Waals surface area contributed by atoms with Crippen LogP contribution in [0, 0.1) is 0 Å². The van der Waals surface area contributed by atoms with E-state index in [1.54, 1.807) is 6.08 Å². The lowest BCUT2D eigenvalue weighted by molar-refractivity contribution is -0.131. The zero-order chi connectivity index (χ0) is 15.2. The van der Waals surface area contributed by atoms with Crippen LogP contribution in [0.25, 0.3) is 16.8 Å². The largest absolute Gasteiger partial charge is 0.490 e. The van der Waals surface area contributed by atoms with Crippen molar-refractivity contribution in [3.8, 4) is 5.75 Å². The lowest BCUT2D eigenvalue weighted by Gasteiger charge is -2.17. The van der Waals surface area contributed by atoms with Crippen molar-refractivity contribution in [1.82, 2.24) is 0 Å². The van der Waals surface area contributed by atoms with Crippen molar-refractivity contribution in [2.75, 3.05) is 0 Å². The number of benzene rings is 2. The third-order valence-electron chi connectivity index (χ3n) is 3.35. The van der Waals surface area contributed by atoms with Crippen LogP contribution in [0.15, 0.2) is 42.5 Å². The second-order valence-corrected chi connectivity index (χ2v) is 5.09. The molecule has 0 bridgehead atoms. The Balaban J connectivity index is 2.48. The predicted octanol–water partition coefficient (Wildman–Crippen LogP) is 4.51. The summed E-state index contributed by atoms with van der Waals surface area (Å²) in [6.45, 7) is 4.15. The lowest BCUT2D eigenvalue weighted by atomic mass is 10.0. The van der Waals surface area contributed by atoms with Gasteiger partial charge in [0, 0.05) is 11.6 Å². The molecule has 0 saturated heterocycles. The van der Waals surface area contributed by atoms with Gasteiger partial charge in [-0.2, -0.15) is 0 Å². The van der Waals surface area contributed by atoms with E-state index in [2.05, 4.69) is 6.92 Å². The maximum atomic E-state index is 10.8. The van der Waals surface area contributed by atoms with E-state index in [0.29, 0.717) is 0 Å². The molecule has 2 aromatic carbocycles. The highest BCUT2D eigenvalue weighted by Gasteiger charge is 2.10. The summed E-state index contributed by atoms with van der Waals surface area (Å²) in [4.78, 5) is 10.8. The minimum absolute atomic E-state index is 0.105. The summed E-state index contributed by atoms with van der Waals surface area (Å²) in [7, 11) is 0. The van der Waals surface area contributed by atoms with Crippen molar-refractivity contribution in [3.63, 3.8) is 0 Å². The Morgan fingerprint density at radius 1 is 1.29 bits per heavy atom. The van der Waals surface area contributed by atoms with Gasteiger partial charge in [0.05, 0.1) is 6.10 Å². The Bertz CT molecular complexity index is 659. The minimum atomic E-state index is -0.963. The fourth-order valence-corrected chi connectivity index (χ4v) is 2.39. The van der Waals surface area contributed by atoms with Gasteiger partial charge in [0.1, 0.15) is 5.75 Å². The Kier molecular flexibility index (Phi) is 4.99. The third kappa shape index (κ3) is 3.85. The number of hydrogen-bond donors (Lipinski definition) is 1. The van der Waals surface area contributed by atoms with Crippen LogP contribution >= 0.6 is 0 Å². The standard InChI is InChI=1S/C18H20O3/c1-3-6-13(2)21-17-11-9-14-7-4-5-8-15(14)16(17)10-12-18(19)20/h4-5,7-13H,3,6H2,1-2H3,(H,19,20)/b12-10+. The molecule has 21 heavy (non-hydrogen) atoms. The first kappa shape index (κ1) is 15.1. The highest BCUT2D eigenvalue weighted by atomic mass is 16.5. The Hall–Kier alpha value is -2.29. The van der Waals surface area contributed by atoms with Crippen LogP contribution in [0.3, 0.4) is 0 Å². The number of rotatable bonds is 6. The monoisotopic (exact) mass is 284 g/mol. The molecule has 1 atom stereocenters. The van der Waals surface area contributed by atoms with Gasteiger partial charge in [0.2, 0.25) is 0 Å². The van der Waals surface area contributed by atoms with Crippen LogP contribution < -0.4 is 4.74 Å². The molecule has 2 rings (SSSR count). The molecule has 0 radical (unpaired) electrons. The number of ether oxygens (including phenoxy) is 1. The van der Waals surface area contributed by atoms with Crippen molar-refractivity contribution in [2.45, 2.75) is 32.8 Å². The number of fused-ring (bicyclic) bond motifs is 1. The zero-order valence-electron chi connectivity index (χ0n) is 12.4. The van der Waals surface area contributed by atoms with Crippen molar-refractivity contribution >= 4 is 22.8 Å². The van der Waals surface area contributed by atoms with E-state index in [1.165, 1.54) is 0 Å². The topological polar surface area (TPSA) is 46.5 Å². The molecule has 3 nitrogen and oxygen atoms in total. The molecule has 0 aliphatic rings. The predicted molar refractivity (Wildman–Crippen MR) is 85.6 cm³/mol. The van der Waals surface area contributed by atoms with Crippen molar-refractivity contribution in [2.24, 2.45) is 0 Å². The van der Waals surface area contributed by atoms with Gasteiger partial charge in [-0.1, -0.05) is 43.7 Å². The molecule has 0 amide bonds. The molecule has 0 heterocycles. The number of carboxylic acids is 1. The van der Waals surface area contributed by atoms with E-state index in [0.717, 1.165) is 41.0 Å². The van der Waals surface area contributed by atoms with Gasteiger partial charge in [-0.15, -0.1) is 0 Å². The molecule has 0 saturated carbocycles. The van der Waals surface area contributed by atoms with Gasteiger partial charge in [0.25, 0.3) is 0 Å². The molecular formula is C18H20O3. The van der Waals surface area contributed by atoms with Crippen LogP contribution in [0.4, 0.5) is 0 Å². The summed E-state index contributed by atoms with van der Waals surface area (Å²) in [6.07, 6.45) is 4.88. The van der Waals surface area contributed by atoms with Crippen molar-refractivity contribution in [3.05, 3.63) is 48.0 Å². The molecule has 1 N–H and O–H groups in total. The third-order valence-corrected chi connectivity index (χ3v) is 3.35. The van der Waals surface area contributed by atoms with Crippen LogP contribution in [-0.4, -0.2) is 17.2 Å². The molecule has 0 aliphatic carbocycles. The molecule has 0 aliphatic heterocycles.